The monoisotopic (exact) mass is 392 g/mol. The number of carbonyl (C=O) groups excluding carboxylic acids is 1. The number of pyridine rings is 1. The van der Waals surface area contributed by atoms with Gasteiger partial charge >= 0.3 is 6.18 Å². The maximum absolute atomic E-state index is 12.7. The minimum Gasteiger partial charge on any atom is -0.357 e. The second-order valence-corrected chi connectivity index (χ2v) is 6.66. The number of thiazole rings is 1. The predicted molar refractivity (Wildman–Crippen MR) is 96.3 cm³/mol. The van der Waals surface area contributed by atoms with E-state index in [0.717, 1.165) is 17.7 Å². The van der Waals surface area contributed by atoms with Crippen LogP contribution >= 0.6 is 11.3 Å². The van der Waals surface area contributed by atoms with Crippen LogP contribution in [0.15, 0.2) is 55.0 Å². The molecule has 0 aliphatic carbocycles. The van der Waals surface area contributed by atoms with Crippen LogP contribution in [0.5, 0.6) is 0 Å². The Hall–Kier alpha value is -2.94. The Morgan fingerprint density at radius 3 is 2.63 bits per heavy atom. The quantitative estimate of drug-likeness (QED) is 0.663. The summed E-state index contributed by atoms with van der Waals surface area (Å²) in [5.74, 6) is -0.390. The number of amides is 1. The van der Waals surface area contributed by atoms with Gasteiger partial charge in [0.1, 0.15) is 4.88 Å². The number of nitrogens with one attached hydrogen (secondary N) is 2. The minimum absolute atomic E-state index is 0.000893. The van der Waals surface area contributed by atoms with Crippen molar-refractivity contribution < 1.29 is 18.0 Å². The molecule has 0 aliphatic rings. The second kappa shape index (κ2) is 8.17. The largest absolute Gasteiger partial charge is 0.416 e. The number of aromatic nitrogens is 2. The molecule has 3 rings (SSSR count). The highest BCUT2D eigenvalue weighted by Crippen LogP contribution is 2.29. The molecule has 0 unspecified atom stereocenters. The lowest BCUT2D eigenvalue weighted by Gasteiger charge is -2.09. The van der Waals surface area contributed by atoms with Crippen LogP contribution in [-0.2, 0) is 19.3 Å². The zero-order valence-electron chi connectivity index (χ0n) is 14.0. The van der Waals surface area contributed by atoms with E-state index in [1.54, 1.807) is 12.4 Å². The normalized spacial score (nSPS) is 11.2. The summed E-state index contributed by atoms with van der Waals surface area (Å²) in [6.45, 7) is 0.520. The molecule has 3 aromatic rings. The molecule has 0 spiro atoms. The Kier molecular flexibility index (Phi) is 5.70. The number of halogens is 3. The van der Waals surface area contributed by atoms with Crippen molar-refractivity contribution in [1.82, 2.24) is 15.3 Å². The minimum atomic E-state index is -4.41. The number of hydrogen-bond donors (Lipinski definition) is 2. The van der Waals surface area contributed by atoms with Crippen LogP contribution in [0.4, 0.5) is 18.3 Å². The summed E-state index contributed by atoms with van der Waals surface area (Å²) in [6, 6.07) is 8.60. The smallest absolute Gasteiger partial charge is 0.357 e. The Morgan fingerprint density at radius 1 is 1.07 bits per heavy atom. The van der Waals surface area contributed by atoms with E-state index in [0.29, 0.717) is 22.1 Å². The van der Waals surface area contributed by atoms with E-state index in [4.69, 9.17) is 0 Å². The van der Waals surface area contributed by atoms with Crippen LogP contribution in [0, 0.1) is 0 Å². The van der Waals surface area contributed by atoms with Gasteiger partial charge in [0.2, 0.25) is 0 Å². The zero-order chi connectivity index (χ0) is 19.3. The summed E-state index contributed by atoms with van der Waals surface area (Å²) in [5, 5.41) is 6.28. The van der Waals surface area contributed by atoms with Crippen LogP contribution in [-0.4, -0.2) is 15.9 Å². The Bertz CT molecular complexity index is 912. The summed E-state index contributed by atoms with van der Waals surface area (Å²) in [6.07, 6.45) is 0.424. The highest BCUT2D eigenvalue weighted by molar-refractivity contribution is 7.17. The molecule has 5 nitrogen and oxygen atoms in total. The van der Waals surface area contributed by atoms with Crippen molar-refractivity contribution in [3.05, 3.63) is 76.6 Å². The predicted octanol–water partition coefficient (Wildman–Crippen LogP) is 4.10. The lowest BCUT2D eigenvalue weighted by Crippen LogP contribution is -2.22. The van der Waals surface area contributed by atoms with Gasteiger partial charge in [-0.25, -0.2) is 4.98 Å². The highest BCUT2D eigenvalue weighted by Gasteiger charge is 2.30. The number of hydrogen-bond acceptors (Lipinski definition) is 5. The molecule has 0 bridgehead atoms. The molecule has 0 fully saturated rings. The maximum atomic E-state index is 12.7. The van der Waals surface area contributed by atoms with Crippen molar-refractivity contribution in [1.29, 1.82) is 0 Å². The number of rotatable bonds is 6. The third-order valence-corrected chi connectivity index (χ3v) is 4.56. The highest BCUT2D eigenvalue weighted by atomic mass is 32.1. The first-order chi connectivity index (χ1) is 12.9. The number of carbonyl (C=O) groups is 1. The summed E-state index contributed by atoms with van der Waals surface area (Å²) >= 11 is 1.17. The van der Waals surface area contributed by atoms with Gasteiger partial charge in [-0.2, -0.15) is 13.2 Å². The molecule has 2 heterocycles. The molecule has 9 heteroatoms. The van der Waals surface area contributed by atoms with Crippen molar-refractivity contribution in [3.8, 4) is 0 Å². The number of anilines is 1. The molecular weight excluding hydrogens is 377 g/mol. The fraction of sp³-hybridized carbons (Fsp3) is 0.167. The molecule has 140 valence electrons. The molecule has 0 saturated heterocycles. The van der Waals surface area contributed by atoms with Gasteiger partial charge in [-0.15, -0.1) is 0 Å². The molecule has 2 N–H and O–H groups in total. The van der Waals surface area contributed by atoms with Gasteiger partial charge in [0.25, 0.3) is 5.91 Å². The second-order valence-electron chi connectivity index (χ2n) is 5.63. The molecule has 0 saturated carbocycles. The van der Waals surface area contributed by atoms with Crippen LogP contribution < -0.4 is 10.6 Å². The van der Waals surface area contributed by atoms with Gasteiger partial charge in [0.05, 0.1) is 11.8 Å². The van der Waals surface area contributed by atoms with Crippen molar-refractivity contribution in [3.63, 3.8) is 0 Å². The molecule has 27 heavy (non-hydrogen) atoms. The third kappa shape index (κ3) is 5.27. The fourth-order valence-electron chi connectivity index (χ4n) is 2.27. The van der Waals surface area contributed by atoms with Crippen LogP contribution in [0.3, 0.4) is 0 Å². The lowest BCUT2D eigenvalue weighted by atomic mass is 10.1. The molecule has 1 amide bonds. The summed E-state index contributed by atoms with van der Waals surface area (Å²) in [5.41, 5.74) is 0.606. The van der Waals surface area contributed by atoms with Crippen molar-refractivity contribution >= 4 is 22.4 Å². The maximum Gasteiger partial charge on any atom is 0.416 e. The van der Waals surface area contributed by atoms with E-state index < -0.39 is 11.7 Å². The molecule has 0 atom stereocenters. The van der Waals surface area contributed by atoms with Crippen LogP contribution in [0.2, 0.25) is 0 Å². The first kappa shape index (κ1) is 18.8. The molecule has 0 radical (unpaired) electrons. The Morgan fingerprint density at radius 2 is 1.89 bits per heavy atom. The summed E-state index contributed by atoms with van der Waals surface area (Å²) in [7, 11) is 0. The van der Waals surface area contributed by atoms with Gasteiger partial charge in [-0.1, -0.05) is 29.5 Å². The Balaban J connectivity index is 1.55. The lowest BCUT2D eigenvalue weighted by molar-refractivity contribution is -0.137. The van der Waals surface area contributed by atoms with E-state index in [1.807, 2.05) is 12.1 Å². The van der Waals surface area contributed by atoms with Gasteiger partial charge in [-0.3, -0.25) is 9.78 Å². The van der Waals surface area contributed by atoms with Gasteiger partial charge in [-0.05, 0) is 29.3 Å². The van der Waals surface area contributed by atoms with E-state index >= 15 is 0 Å². The molecule has 2 aromatic heterocycles. The first-order valence-electron chi connectivity index (χ1n) is 7.95. The standard InChI is InChI=1S/C18H15F3N4OS/c19-18(20,21)14-5-1-3-12(7-14)9-23-16(26)15-11-25-17(27-15)24-10-13-4-2-6-22-8-13/h1-8,11H,9-10H2,(H,23,26)(H,24,25). The molecule has 1 aromatic carbocycles. The van der Waals surface area contributed by atoms with E-state index in [1.165, 1.54) is 29.7 Å². The average Bonchev–Trinajstić information content (AvgIpc) is 3.14. The van der Waals surface area contributed by atoms with E-state index in [9.17, 15) is 18.0 Å². The number of alkyl halides is 3. The van der Waals surface area contributed by atoms with Gasteiger partial charge < -0.3 is 10.6 Å². The van der Waals surface area contributed by atoms with Crippen LogP contribution in [0.1, 0.15) is 26.4 Å². The summed E-state index contributed by atoms with van der Waals surface area (Å²) < 4.78 is 38.2. The summed E-state index contributed by atoms with van der Waals surface area (Å²) in [4.78, 5) is 20.7. The molecular formula is C18H15F3N4OS. The first-order valence-corrected chi connectivity index (χ1v) is 8.76. The van der Waals surface area contributed by atoms with Crippen molar-refractivity contribution in [2.24, 2.45) is 0 Å². The Labute approximate surface area is 157 Å². The van der Waals surface area contributed by atoms with Crippen molar-refractivity contribution in [2.45, 2.75) is 19.3 Å². The average molecular weight is 392 g/mol. The van der Waals surface area contributed by atoms with Crippen molar-refractivity contribution in [2.75, 3.05) is 5.32 Å². The number of benzene rings is 1. The van der Waals surface area contributed by atoms with Gasteiger partial charge in [0.15, 0.2) is 5.13 Å². The number of nitrogens with zero attached hydrogens (tertiary/aromatic N) is 2. The SMILES string of the molecule is O=C(NCc1cccc(C(F)(F)F)c1)c1cnc(NCc2cccnc2)s1. The zero-order valence-corrected chi connectivity index (χ0v) is 14.8. The van der Waals surface area contributed by atoms with Crippen LogP contribution in [0.25, 0.3) is 0 Å². The third-order valence-electron chi connectivity index (χ3n) is 3.60. The fourth-order valence-corrected chi connectivity index (χ4v) is 3.00. The topological polar surface area (TPSA) is 66.9 Å². The van der Waals surface area contributed by atoms with E-state index in [-0.39, 0.29) is 12.5 Å². The van der Waals surface area contributed by atoms with E-state index in [2.05, 4.69) is 20.6 Å². The van der Waals surface area contributed by atoms with Gasteiger partial charge in [0, 0.05) is 25.5 Å². The molecule has 0 aliphatic heterocycles.